The summed E-state index contributed by atoms with van der Waals surface area (Å²) in [6.07, 6.45) is 9.74. The fourth-order valence-corrected chi connectivity index (χ4v) is 1.63. The van der Waals surface area contributed by atoms with Gasteiger partial charge in [-0.05, 0) is 31.8 Å². The van der Waals surface area contributed by atoms with Gasteiger partial charge in [-0.25, -0.2) is 0 Å². The normalized spacial score (nSPS) is 11.1. The summed E-state index contributed by atoms with van der Waals surface area (Å²) in [4.78, 5) is 0. The number of rotatable bonds is 10. The van der Waals surface area contributed by atoms with E-state index in [9.17, 15) is 0 Å². The number of nitrogens with one attached hydrogen (secondary N) is 1. The molecule has 1 heteroatoms. The number of hydrogen-bond acceptors (Lipinski definition) is 1. The Hall–Kier alpha value is -0.0400. The van der Waals surface area contributed by atoms with Gasteiger partial charge in [-0.1, -0.05) is 52.9 Å². The van der Waals surface area contributed by atoms with Gasteiger partial charge in [0.05, 0.1) is 0 Å². The average Bonchev–Trinajstić information content (AvgIpc) is 2.15. The first kappa shape index (κ1) is 14.0. The van der Waals surface area contributed by atoms with Crippen LogP contribution in [-0.2, 0) is 0 Å². The van der Waals surface area contributed by atoms with Crippen molar-refractivity contribution in [1.29, 1.82) is 0 Å². The Balaban J connectivity index is 2.85. The third-order valence-corrected chi connectivity index (χ3v) is 2.56. The minimum absolute atomic E-state index is 0.890. The van der Waals surface area contributed by atoms with Crippen LogP contribution in [0.3, 0.4) is 0 Å². The van der Waals surface area contributed by atoms with E-state index >= 15 is 0 Å². The van der Waals surface area contributed by atoms with Crippen LogP contribution in [0.4, 0.5) is 0 Å². The van der Waals surface area contributed by atoms with Gasteiger partial charge in [0.1, 0.15) is 0 Å². The van der Waals surface area contributed by atoms with Gasteiger partial charge in [0, 0.05) is 0 Å². The molecule has 0 bridgehead atoms. The van der Waals surface area contributed by atoms with Crippen molar-refractivity contribution in [3.05, 3.63) is 0 Å². The average molecular weight is 199 g/mol. The highest BCUT2D eigenvalue weighted by molar-refractivity contribution is 4.50. The van der Waals surface area contributed by atoms with Gasteiger partial charge in [0.25, 0.3) is 0 Å². The molecule has 0 heterocycles. The van der Waals surface area contributed by atoms with Gasteiger partial charge in [-0.2, -0.15) is 0 Å². The maximum Gasteiger partial charge on any atom is -0.00489 e. The molecule has 0 saturated carbocycles. The molecule has 0 aromatic carbocycles. The van der Waals surface area contributed by atoms with E-state index in [2.05, 4.69) is 26.1 Å². The van der Waals surface area contributed by atoms with Crippen LogP contribution in [0.25, 0.3) is 0 Å². The van der Waals surface area contributed by atoms with Crippen molar-refractivity contribution < 1.29 is 0 Å². The zero-order valence-corrected chi connectivity index (χ0v) is 10.4. The van der Waals surface area contributed by atoms with Crippen molar-refractivity contribution in [1.82, 2.24) is 5.32 Å². The molecule has 0 aliphatic rings. The minimum Gasteiger partial charge on any atom is -0.317 e. The maximum absolute atomic E-state index is 3.44. The SMILES string of the molecule is CCCNCCCCCCCC(C)C. The quantitative estimate of drug-likeness (QED) is 0.525. The minimum atomic E-state index is 0.890. The number of unbranched alkanes of at least 4 members (excludes halogenated alkanes) is 4. The van der Waals surface area contributed by atoms with Crippen LogP contribution in [0.1, 0.15) is 65.7 Å². The van der Waals surface area contributed by atoms with E-state index in [1.165, 1.54) is 58.0 Å². The second-order valence-electron chi connectivity index (χ2n) is 4.70. The van der Waals surface area contributed by atoms with E-state index < -0.39 is 0 Å². The van der Waals surface area contributed by atoms with E-state index in [1.807, 2.05) is 0 Å². The van der Waals surface area contributed by atoms with Crippen LogP contribution in [0.2, 0.25) is 0 Å². The molecular weight excluding hydrogens is 170 g/mol. The van der Waals surface area contributed by atoms with Crippen LogP contribution >= 0.6 is 0 Å². The fourth-order valence-electron chi connectivity index (χ4n) is 1.63. The highest BCUT2D eigenvalue weighted by atomic mass is 14.8. The highest BCUT2D eigenvalue weighted by Gasteiger charge is 1.94. The Labute approximate surface area is 90.7 Å². The van der Waals surface area contributed by atoms with Crippen molar-refractivity contribution >= 4 is 0 Å². The van der Waals surface area contributed by atoms with E-state index in [0.29, 0.717) is 0 Å². The van der Waals surface area contributed by atoms with Crippen molar-refractivity contribution in [2.24, 2.45) is 5.92 Å². The molecule has 0 amide bonds. The van der Waals surface area contributed by atoms with Crippen LogP contribution in [0.5, 0.6) is 0 Å². The van der Waals surface area contributed by atoms with E-state index in [1.54, 1.807) is 0 Å². The summed E-state index contributed by atoms with van der Waals surface area (Å²) in [6, 6.07) is 0. The molecule has 0 aromatic rings. The lowest BCUT2D eigenvalue weighted by molar-refractivity contribution is 0.509. The highest BCUT2D eigenvalue weighted by Crippen LogP contribution is 2.09. The summed E-state index contributed by atoms with van der Waals surface area (Å²) >= 11 is 0. The maximum atomic E-state index is 3.44. The van der Waals surface area contributed by atoms with E-state index in [0.717, 1.165) is 5.92 Å². The molecule has 0 unspecified atom stereocenters. The smallest absolute Gasteiger partial charge is 0.00489 e. The van der Waals surface area contributed by atoms with Gasteiger partial charge in [-0.15, -0.1) is 0 Å². The Bertz CT molecular complexity index is 99.4. The standard InChI is InChI=1S/C13H29N/c1-4-11-14-12-9-7-5-6-8-10-13(2)3/h13-14H,4-12H2,1-3H3. The summed E-state index contributed by atoms with van der Waals surface area (Å²) in [5.41, 5.74) is 0. The van der Waals surface area contributed by atoms with Gasteiger partial charge in [0.2, 0.25) is 0 Å². The molecule has 0 spiro atoms. The van der Waals surface area contributed by atoms with Crippen molar-refractivity contribution in [2.45, 2.75) is 65.7 Å². The van der Waals surface area contributed by atoms with Gasteiger partial charge in [-0.3, -0.25) is 0 Å². The molecule has 0 radical (unpaired) electrons. The molecule has 0 rings (SSSR count). The Morgan fingerprint density at radius 1 is 0.857 bits per heavy atom. The molecule has 14 heavy (non-hydrogen) atoms. The molecule has 1 nitrogen and oxygen atoms in total. The van der Waals surface area contributed by atoms with Crippen LogP contribution in [0.15, 0.2) is 0 Å². The van der Waals surface area contributed by atoms with Gasteiger partial charge < -0.3 is 5.32 Å². The molecule has 0 aromatic heterocycles. The molecule has 1 N–H and O–H groups in total. The van der Waals surface area contributed by atoms with Gasteiger partial charge >= 0.3 is 0 Å². The first-order valence-corrected chi connectivity index (χ1v) is 6.48. The summed E-state index contributed by atoms with van der Waals surface area (Å²) in [6.45, 7) is 9.26. The van der Waals surface area contributed by atoms with Crippen molar-refractivity contribution in [3.63, 3.8) is 0 Å². The predicted molar refractivity (Wildman–Crippen MR) is 65.7 cm³/mol. The fraction of sp³-hybridized carbons (Fsp3) is 1.00. The molecule has 0 fully saturated rings. The van der Waals surface area contributed by atoms with Crippen molar-refractivity contribution in [2.75, 3.05) is 13.1 Å². The number of hydrogen-bond donors (Lipinski definition) is 1. The van der Waals surface area contributed by atoms with E-state index in [4.69, 9.17) is 0 Å². The molecule has 86 valence electrons. The largest absolute Gasteiger partial charge is 0.317 e. The zero-order chi connectivity index (χ0) is 10.6. The molecule has 0 aliphatic heterocycles. The Kier molecular flexibility index (Phi) is 11.0. The molecule has 0 saturated heterocycles. The molecule has 0 aliphatic carbocycles. The summed E-state index contributed by atoms with van der Waals surface area (Å²) in [5, 5.41) is 3.44. The zero-order valence-electron chi connectivity index (χ0n) is 10.4. The van der Waals surface area contributed by atoms with Crippen molar-refractivity contribution in [3.8, 4) is 0 Å². The molecular formula is C13H29N. The summed E-state index contributed by atoms with van der Waals surface area (Å²) in [5.74, 6) is 0.890. The second kappa shape index (κ2) is 11.0. The van der Waals surface area contributed by atoms with Crippen LogP contribution in [0, 0.1) is 5.92 Å². The van der Waals surface area contributed by atoms with Crippen LogP contribution in [-0.4, -0.2) is 13.1 Å². The lowest BCUT2D eigenvalue weighted by atomic mass is 10.0. The third-order valence-electron chi connectivity index (χ3n) is 2.56. The third kappa shape index (κ3) is 12.0. The Morgan fingerprint density at radius 2 is 1.50 bits per heavy atom. The first-order chi connectivity index (χ1) is 6.77. The molecule has 0 atom stereocenters. The van der Waals surface area contributed by atoms with Gasteiger partial charge in [0.15, 0.2) is 0 Å². The second-order valence-corrected chi connectivity index (χ2v) is 4.70. The van der Waals surface area contributed by atoms with Crippen LogP contribution < -0.4 is 5.32 Å². The first-order valence-electron chi connectivity index (χ1n) is 6.48. The summed E-state index contributed by atoms with van der Waals surface area (Å²) < 4.78 is 0. The lowest BCUT2D eigenvalue weighted by Crippen LogP contribution is -2.15. The monoisotopic (exact) mass is 199 g/mol. The lowest BCUT2D eigenvalue weighted by Gasteiger charge is -2.05. The topological polar surface area (TPSA) is 12.0 Å². The van der Waals surface area contributed by atoms with E-state index in [-0.39, 0.29) is 0 Å². The summed E-state index contributed by atoms with van der Waals surface area (Å²) in [7, 11) is 0. The Morgan fingerprint density at radius 3 is 2.14 bits per heavy atom. The predicted octanol–water partition coefficient (Wildman–Crippen LogP) is 3.98.